The highest BCUT2D eigenvalue weighted by Crippen LogP contribution is 2.28. The lowest BCUT2D eigenvalue weighted by Gasteiger charge is -2.27. The fraction of sp³-hybridized carbons (Fsp3) is 0.217. The molecule has 0 saturated carbocycles. The van der Waals surface area contributed by atoms with Crippen LogP contribution in [0.3, 0.4) is 0 Å². The average Bonchev–Trinajstić information content (AvgIpc) is 2.75. The van der Waals surface area contributed by atoms with Crippen LogP contribution in [0.5, 0.6) is 0 Å². The number of carbonyl (C=O) groups excluding carboxylic acids is 1. The van der Waals surface area contributed by atoms with Crippen LogP contribution in [0.4, 0.5) is 11.4 Å². The summed E-state index contributed by atoms with van der Waals surface area (Å²) in [7, 11) is 1.86. The van der Waals surface area contributed by atoms with Crippen LogP contribution in [0.1, 0.15) is 22.9 Å². The van der Waals surface area contributed by atoms with Gasteiger partial charge in [0.2, 0.25) is 5.91 Å². The molecule has 154 valence electrons. The van der Waals surface area contributed by atoms with E-state index in [9.17, 15) is 14.9 Å². The van der Waals surface area contributed by atoms with Gasteiger partial charge < -0.3 is 5.32 Å². The number of nitrogens with one attached hydrogen (secondary N) is 1. The molecule has 0 aliphatic heterocycles. The number of rotatable bonds is 8. The smallest absolute Gasteiger partial charge is 0.293 e. The number of nitrogens with zero attached hydrogens (tertiary/aromatic N) is 3. The van der Waals surface area contributed by atoms with Crippen molar-refractivity contribution in [3.8, 4) is 0 Å². The second-order valence-electron chi connectivity index (χ2n) is 7.13. The van der Waals surface area contributed by atoms with Crippen molar-refractivity contribution in [2.45, 2.75) is 19.4 Å². The van der Waals surface area contributed by atoms with Crippen molar-refractivity contribution in [1.29, 1.82) is 0 Å². The van der Waals surface area contributed by atoms with Gasteiger partial charge in [0, 0.05) is 30.9 Å². The van der Waals surface area contributed by atoms with Crippen molar-refractivity contribution >= 4 is 17.3 Å². The summed E-state index contributed by atoms with van der Waals surface area (Å²) in [6.07, 6.45) is 2.42. The Morgan fingerprint density at radius 2 is 1.87 bits per heavy atom. The number of amides is 1. The molecular formula is C23H24N4O3. The summed E-state index contributed by atoms with van der Waals surface area (Å²) in [6.45, 7) is 2.37. The summed E-state index contributed by atoms with van der Waals surface area (Å²) in [6, 6.07) is 19.3. The maximum atomic E-state index is 13.2. The molecule has 0 aliphatic rings. The van der Waals surface area contributed by atoms with Crippen LogP contribution >= 0.6 is 0 Å². The van der Waals surface area contributed by atoms with Crippen molar-refractivity contribution < 1.29 is 9.72 Å². The zero-order valence-corrected chi connectivity index (χ0v) is 17.0. The molecule has 0 fully saturated rings. The lowest BCUT2D eigenvalue weighted by atomic mass is 10.0. The molecule has 3 rings (SSSR count). The number of hydrogen-bond acceptors (Lipinski definition) is 5. The van der Waals surface area contributed by atoms with Crippen molar-refractivity contribution in [1.82, 2.24) is 9.88 Å². The van der Waals surface area contributed by atoms with Crippen molar-refractivity contribution in [3.63, 3.8) is 0 Å². The highest BCUT2D eigenvalue weighted by molar-refractivity contribution is 5.97. The number of hydrogen-bond donors (Lipinski definition) is 1. The van der Waals surface area contributed by atoms with Gasteiger partial charge in [-0.1, -0.05) is 42.5 Å². The first-order valence-electron chi connectivity index (χ1n) is 9.66. The highest BCUT2D eigenvalue weighted by atomic mass is 16.6. The van der Waals surface area contributed by atoms with E-state index in [1.54, 1.807) is 25.3 Å². The Morgan fingerprint density at radius 1 is 1.13 bits per heavy atom. The Hall–Kier alpha value is -3.58. The molecule has 3 aromatic rings. The summed E-state index contributed by atoms with van der Waals surface area (Å²) >= 11 is 0. The van der Waals surface area contributed by atoms with Gasteiger partial charge in [-0.05, 0) is 43.3 Å². The van der Waals surface area contributed by atoms with Crippen LogP contribution in [-0.4, -0.2) is 34.3 Å². The molecule has 0 bridgehead atoms. The van der Waals surface area contributed by atoms with Crippen LogP contribution < -0.4 is 5.32 Å². The van der Waals surface area contributed by atoms with Gasteiger partial charge in [0.15, 0.2) is 0 Å². The third kappa shape index (κ3) is 5.27. The molecule has 7 heteroatoms. The van der Waals surface area contributed by atoms with Crippen LogP contribution in [-0.2, 0) is 11.2 Å². The standard InChI is InChI=1S/C23H24N4O3/c1-17-11-12-20(21(16-17)27(29)30)25-23(28)22(18-8-4-3-5-9-18)26(2)15-13-19-10-6-7-14-24-19/h3-12,14,16,22H,13,15H2,1-2H3,(H,25,28). The van der Waals surface area contributed by atoms with E-state index < -0.39 is 11.0 Å². The van der Waals surface area contributed by atoms with E-state index in [1.165, 1.54) is 6.07 Å². The SMILES string of the molecule is Cc1ccc(NC(=O)C(c2ccccc2)N(C)CCc2ccccn2)c([N+](=O)[O-])c1. The van der Waals surface area contributed by atoms with Crippen LogP contribution in [0.15, 0.2) is 72.9 Å². The zero-order valence-electron chi connectivity index (χ0n) is 17.0. The lowest BCUT2D eigenvalue weighted by Crippen LogP contribution is -2.36. The molecule has 1 heterocycles. The van der Waals surface area contributed by atoms with Gasteiger partial charge in [0.25, 0.3) is 5.69 Å². The minimum atomic E-state index is -0.601. The minimum absolute atomic E-state index is 0.119. The molecule has 30 heavy (non-hydrogen) atoms. The summed E-state index contributed by atoms with van der Waals surface area (Å²) in [4.78, 5) is 30.4. The fourth-order valence-electron chi connectivity index (χ4n) is 3.31. The Labute approximate surface area is 175 Å². The molecular weight excluding hydrogens is 380 g/mol. The van der Waals surface area contributed by atoms with E-state index in [4.69, 9.17) is 0 Å². The highest BCUT2D eigenvalue weighted by Gasteiger charge is 2.27. The fourth-order valence-corrected chi connectivity index (χ4v) is 3.31. The van der Waals surface area contributed by atoms with Crippen molar-refractivity contribution in [3.05, 3.63) is 99.9 Å². The van der Waals surface area contributed by atoms with Gasteiger partial charge in [0.1, 0.15) is 11.7 Å². The number of aromatic nitrogens is 1. The molecule has 1 atom stereocenters. The molecule has 1 amide bonds. The molecule has 1 unspecified atom stereocenters. The Morgan fingerprint density at radius 3 is 2.53 bits per heavy atom. The maximum Gasteiger partial charge on any atom is 0.293 e. The van der Waals surface area contributed by atoms with Crippen LogP contribution in [0.25, 0.3) is 0 Å². The summed E-state index contributed by atoms with van der Waals surface area (Å²) in [5.74, 6) is -0.323. The molecule has 1 aromatic heterocycles. The molecule has 0 saturated heterocycles. The molecule has 1 N–H and O–H groups in total. The topological polar surface area (TPSA) is 88.4 Å². The van der Waals surface area contributed by atoms with E-state index in [0.717, 1.165) is 16.8 Å². The Balaban J connectivity index is 1.84. The Kier molecular flexibility index (Phi) is 6.87. The van der Waals surface area contributed by atoms with Crippen molar-refractivity contribution in [2.75, 3.05) is 18.9 Å². The molecule has 0 radical (unpaired) electrons. The van der Waals surface area contributed by atoms with Crippen LogP contribution in [0.2, 0.25) is 0 Å². The summed E-state index contributed by atoms with van der Waals surface area (Å²) in [5.41, 5.74) is 2.58. The molecule has 0 spiro atoms. The number of benzene rings is 2. The number of nitro groups is 1. The van der Waals surface area contributed by atoms with Gasteiger partial charge in [-0.25, -0.2) is 0 Å². The number of likely N-dealkylation sites (N-methyl/N-ethyl adjacent to an activating group) is 1. The van der Waals surface area contributed by atoms with Crippen LogP contribution in [0, 0.1) is 17.0 Å². The largest absolute Gasteiger partial charge is 0.319 e. The number of aryl methyl sites for hydroxylation is 1. The van der Waals surface area contributed by atoms with E-state index in [0.29, 0.717) is 13.0 Å². The molecule has 7 nitrogen and oxygen atoms in total. The Bertz CT molecular complexity index is 1010. The molecule has 0 aliphatic carbocycles. The van der Waals surface area contributed by atoms with Gasteiger partial charge in [0.05, 0.1) is 4.92 Å². The lowest BCUT2D eigenvalue weighted by molar-refractivity contribution is -0.384. The predicted octanol–water partition coefficient (Wildman–Crippen LogP) is 4.15. The minimum Gasteiger partial charge on any atom is -0.319 e. The first-order valence-corrected chi connectivity index (χ1v) is 9.66. The number of carbonyl (C=O) groups is 1. The van der Waals surface area contributed by atoms with E-state index >= 15 is 0 Å². The predicted molar refractivity (Wildman–Crippen MR) is 116 cm³/mol. The number of pyridine rings is 1. The van der Waals surface area contributed by atoms with Gasteiger partial charge in [-0.3, -0.25) is 24.8 Å². The summed E-state index contributed by atoms with van der Waals surface area (Å²) < 4.78 is 0. The molecule has 2 aromatic carbocycles. The van der Waals surface area contributed by atoms with Crippen molar-refractivity contribution in [2.24, 2.45) is 0 Å². The van der Waals surface area contributed by atoms with E-state index in [1.807, 2.05) is 60.5 Å². The quantitative estimate of drug-likeness (QED) is 0.450. The third-order valence-electron chi connectivity index (χ3n) is 4.86. The number of anilines is 1. The third-order valence-corrected chi connectivity index (χ3v) is 4.86. The van der Waals surface area contributed by atoms with E-state index in [2.05, 4.69) is 10.3 Å². The normalized spacial score (nSPS) is 11.8. The average molecular weight is 404 g/mol. The summed E-state index contributed by atoms with van der Waals surface area (Å²) in [5, 5.41) is 14.2. The second-order valence-corrected chi connectivity index (χ2v) is 7.13. The van der Waals surface area contributed by atoms with Gasteiger partial charge in [-0.15, -0.1) is 0 Å². The number of nitro benzene ring substituents is 1. The zero-order chi connectivity index (χ0) is 21.5. The van der Waals surface area contributed by atoms with Gasteiger partial charge in [-0.2, -0.15) is 0 Å². The first kappa shape index (κ1) is 21.1. The second kappa shape index (κ2) is 9.76. The van der Waals surface area contributed by atoms with Gasteiger partial charge >= 0.3 is 0 Å². The first-order chi connectivity index (χ1) is 14.5. The maximum absolute atomic E-state index is 13.2. The van der Waals surface area contributed by atoms with E-state index in [-0.39, 0.29) is 17.3 Å². The monoisotopic (exact) mass is 404 g/mol.